The number of hydrogen-bond acceptors (Lipinski definition) is 4. The summed E-state index contributed by atoms with van der Waals surface area (Å²) in [5.74, 6) is 2.52. The Labute approximate surface area is 158 Å². The lowest BCUT2D eigenvalue weighted by molar-refractivity contribution is 0.205. The maximum absolute atomic E-state index is 12.8. The van der Waals surface area contributed by atoms with Crippen molar-refractivity contribution in [3.05, 3.63) is 35.7 Å². The van der Waals surface area contributed by atoms with Crippen molar-refractivity contribution in [2.45, 2.75) is 52.6 Å². The van der Waals surface area contributed by atoms with Gasteiger partial charge in [-0.1, -0.05) is 6.92 Å². The Morgan fingerprint density at radius 2 is 2.19 bits per heavy atom. The van der Waals surface area contributed by atoms with Crippen LogP contribution in [0.15, 0.2) is 18.2 Å². The highest BCUT2D eigenvalue weighted by Crippen LogP contribution is 2.30. The number of likely N-dealkylation sites (tertiary alicyclic amines) is 1. The number of anilines is 1. The van der Waals surface area contributed by atoms with E-state index in [0.717, 1.165) is 54.2 Å². The lowest BCUT2D eigenvalue weighted by atomic mass is 10.2. The molecule has 1 aromatic carbocycles. The fourth-order valence-electron chi connectivity index (χ4n) is 3.86. The van der Waals surface area contributed by atoms with Crippen molar-refractivity contribution in [2.24, 2.45) is 0 Å². The summed E-state index contributed by atoms with van der Waals surface area (Å²) in [4.78, 5) is 23.8. The molecule has 1 aliphatic rings. The second-order valence-electron chi connectivity index (χ2n) is 6.89. The number of amides is 2. The van der Waals surface area contributed by atoms with Crippen molar-refractivity contribution in [2.75, 3.05) is 11.9 Å². The molecule has 8 nitrogen and oxygen atoms in total. The van der Waals surface area contributed by atoms with Gasteiger partial charge in [0.2, 0.25) is 0 Å². The first-order valence-corrected chi connectivity index (χ1v) is 9.56. The summed E-state index contributed by atoms with van der Waals surface area (Å²) >= 11 is 0. The van der Waals surface area contributed by atoms with Crippen LogP contribution in [0.3, 0.4) is 0 Å². The van der Waals surface area contributed by atoms with Crippen molar-refractivity contribution >= 4 is 22.8 Å². The van der Waals surface area contributed by atoms with E-state index in [1.807, 2.05) is 30.0 Å². The zero-order chi connectivity index (χ0) is 19.0. The molecule has 0 spiro atoms. The maximum Gasteiger partial charge on any atom is 0.322 e. The van der Waals surface area contributed by atoms with Crippen LogP contribution in [0, 0.1) is 6.92 Å². The molecule has 2 aromatic heterocycles. The molecule has 1 saturated heterocycles. The number of nitrogens with one attached hydrogen (secondary N) is 2. The second-order valence-corrected chi connectivity index (χ2v) is 6.89. The van der Waals surface area contributed by atoms with Crippen LogP contribution in [0.5, 0.6) is 0 Å². The minimum absolute atomic E-state index is 0.0790. The molecule has 1 atom stereocenters. The average molecular weight is 367 g/mol. The predicted molar refractivity (Wildman–Crippen MR) is 104 cm³/mol. The zero-order valence-electron chi connectivity index (χ0n) is 16.0. The Morgan fingerprint density at radius 1 is 1.33 bits per heavy atom. The highest BCUT2D eigenvalue weighted by atomic mass is 16.2. The molecule has 0 bridgehead atoms. The molecule has 2 amide bonds. The minimum atomic E-state index is -0.120. The molecule has 2 N–H and O–H groups in total. The number of H-pyrrole nitrogens is 1. The zero-order valence-corrected chi connectivity index (χ0v) is 16.0. The van der Waals surface area contributed by atoms with Crippen LogP contribution in [0.25, 0.3) is 11.0 Å². The fourth-order valence-corrected chi connectivity index (χ4v) is 3.86. The summed E-state index contributed by atoms with van der Waals surface area (Å²) in [7, 11) is 0. The SMILES string of the molecule is CCc1nc2cc(NC(=O)N3CCCC3c3n[nH]c(C)n3)ccc2n1CC. The van der Waals surface area contributed by atoms with Crippen molar-refractivity contribution in [1.82, 2.24) is 29.6 Å². The lowest BCUT2D eigenvalue weighted by Crippen LogP contribution is -2.34. The monoisotopic (exact) mass is 367 g/mol. The van der Waals surface area contributed by atoms with Crippen molar-refractivity contribution in [3.63, 3.8) is 0 Å². The number of carbonyl (C=O) groups excluding carboxylic acids is 1. The minimum Gasteiger partial charge on any atom is -0.328 e. The number of benzene rings is 1. The Balaban J connectivity index is 1.55. The summed E-state index contributed by atoms with van der Waals surface area (Å²) in [5, 5.41) is 10.1. The summed E-state index contributed by atoms with van der Waals surface area (Å²) in [6.45, 7) is 7.68. The molecule has 3 aromatic rings. The van der Waals surface area contributed by atoms with Gasteiger partial charge in [0.15, 0.2) is 5.82 Å². The van der Waals surface area contributed by atoms with Gasteiger partial charge in [-0.25, -0.2) is 14.8 Å². The van der Waals surface area contributed by atoms with Gasteiger partial charge in [-0.2, -0.15) is 5.10 Å². The number of imidazole rings is 1. The molecular weight excluding hydrogens is 342 g/mol. The lowest BCUT2D eigenvalue weighted by Gasteiger charge is -2.22. The molecule has 1 fully saturated rings. The van der Waals surface area contributed by atoms with E-state index in [4.69, 9.17) is 4.98 Å². The van der Waals surface area contributed by atoms with Crippen LogP contribution in [0.4, 0.5) is 10.5 Å². The molecule has 4 rings (SSSR count). The standard InChI is InChI=1S/C19H25N7O/c1-4-17-22-14-11-13(8-9-15(14)25(17)5-2)21-19(27)26-10-6-7-16(26)18-20-12(3)23-24-18/h8-9,11,16H,4-7,10H2,1-3H3,(H,21,27)(H,20,23,24). The van der Waals surface area contributed by atoms with Crippen LogP contribution in [0.2, 0.25) is 0 Å². The van der Waals surface area contributed by atoms with Crippen LogP contribution >= 0.6 is 0 Å². The van der Waals surface area contributed by atoms with Gasteiger partial charge >= 0.3 is 6.03 Å². The van der Waals surface area contributed by atoms with Crippen LogP contribution in [0.1, 0.15) is 50.2 Å². The molecule has 0 saturated carbocycles. The summed E-state index contributed by atoms with van der Waals surface area (Å²) in [6.07, 6.45) is 2.71. The maximum atomic E-state index is 12.8. The van der Waals surface area contributed by atoms with Gasteiger partial charge in [0.1, 0.15) is 11.6 Å². The van der Waals surface area contributed by atoms with Crippen molar-refractivity contribution < 1.29 is 4.79 Å². The molecule has 1 aliphatic heterocycles. The first-order chi connectivity index (χ1) is 13.1. The van der Waals surface area contributed by atoms with Gasteiger partial charge in [0.25, 0.3) is 0 Å². The van der Waals surface area contributed by atoms with Gasteiger partial charge < -0.3 is 14.8 Å². The van der Waals surface area contributed by atoms with E-state index in [-0.39, 0.29) is 12.1 Å². The van der Waals surface area contributed by atoms with E-state index in [1.54, 1.807) is 0 Å². The van der Waals surface area contributed by atoms with E-state index < -0.39 is 0 Å². The van der Waals surface area contributed by atoms with E-state index in [9.17, 15) is 4.79 Å². The largest absolute Gasteiger partial charge is 0.328 e. The van der Waals surface area contributed by atoms with Gasteiger partial charge in [0.05, 0.1) is 17.1 Å². The Hall–Kier alpha value is -2.90. The smallest absolute Gasteiger partial charge is 0.322 e. The number of aromatic amines is 1. The summed E-state index contributed by atoms with van der Waals surface area (Å²) < 4.78 is 2.21. The molecular formula is C19H25N7O. The number of carbonyl (C=O) groups is 1. The number of hydrogen-bond donors (Lipinski definition) is 2. The Kier molecular flexibility index (Phi) is 4.55. The molecule has 0 aliphatic carbocycles. The van der Waals surface area contributed by atoms with Crippen LogP contribution in [-0.2, 0) is 13.0 Å². The number of fused-ring (bicyclic) bond motifs is 1. The second kappa shape index (κ2) is 7.02. The normalized spacial score (nSPS) is 17.0. The van der Waals surface area contributed by atoms with Gasteiger partial charge in [-0.05, 0) is 44.9 Å². The first-order valence-electron chi connectivity index (χ1n) is 9.56. The first kappa shape index (κ1) is 17.5. The summed E-state index contributed by atoms with van der Waals surface area (Å²) in [6, 6.07) is 5.71. The van der Waals surface area contributed by atoms with E-state index in [1.165, 1.54) is 0 Å². The third kappa shape index (κ3) is 3.15. The van der Waals surface area contributed by atoms with Crippen molar-refractivity contribution in [1.29, 1.82) is 0 Å². The highest BCUT2D eigenvalue weighted by molar-refractivity contribution is 5.92. The Bertz CT molecular complexity index is 974. The van der Waals surface area contributed by atoms with Crippen LogP contribution in [-0.4, -0.2) is 42.2 Å². The molecule has 8 heteroatoms. The number of nitrogens with zero attached hydrogens (tertiary/aromatic N) is 5. The van der Waals surface area contributed by atoms with E-state index in [2.05, 4.69) is 38.9 Å². The van der Waals surface area contributed by atoms with Gasteiger partial charge in [-0.15, -0.1) is 0 Å². The van der Waals surface area contributed by atoms with E-state index >= 15 is 0 Å². The number of aromatic nitrogens is 5. The quantitative estimate of drug-likeness (QED) is 0.739. The molecule has 0 radical (unpaired) electrons. The number of urea groups is 1. The number of rotatable bonds is 4. The van der Waals surface area contributed by atoms with Gasteiger partial charge in [-0.3, -0.25) is 5.10 Å². The molecule has 1 unspecified atom stereocenters. The topological polar surface area (TPSA) is 91.7 Å². The van der Waals surface area contributed by atoms with Crippen LogP contribution < -0.4 is 5.32 Å². The fraction of sp³-hybridized carbons (Fsp3) is 0.474. The molecule has 27 heavy (non-hydrogen) atoms. The third-order valence-electron chi connectivity index (χ3n) is 5.14. The average Bonchev–Trinajstić information content (AvgIpc) is 3.38. The highest BCUT2D eigenvalue weighted by Gasteiger charge is 2.32. The third-order valence-corrected chi connectivity index (χ3v) is 5.14. The van der Waals surface area contributed by atoms with Crippen molar-refractivity contribution in [3.8, 4) is 0 Å². The predicted octanol–water partition coefficient (Wildman–Crippen LogP) is 3.41. The summed E-state index contributed by atoms with van der Waals surface area (Å²) in [5.41, 5.74) is 2.77. The Morgan fingerprint density at radius 3 is 2.89 bits per heavy atom. The molecule has 3 heterocycles. The van der Waals surface area contributed by atoms with Gasteiger partial charge in [0, 0.05) is 25.2 Å². The molecule has 142 valence electrons. The van der Waals surface area contributed by atoms with E-state index in [0.29, 0.717) is 12.4 Å². The number of aryl methyl sites for hydroxylation is 3.